The molecule has 144 valence electrons. The van der Waals surface area contributed by atoms with Crippen LogP contribution in [-0.2, 0) is 11.3 Å². The molecule has 2 aromatic heterocycles. The summed E-state index contributed by atoms with van der Waals surface area (Å²) in [5.74, 6) is -0.435. The molecule has 8 heteroatoms. The number of carbonyl (C=O) groups is 1. The number of fused-ring (bicyclic) bond motifs is 1. The van der Waals surface area contributed by atoms with Gasteiger partial charge in [0.15, 0.2) is 0 Å². The highest BCUT2D eigenvalue weighted by molar-refractivity contribution is 7.21. The summed E-state index contributed by atoms with van der Waals surface area (Å²) >= 11 is 7.48. The lowest BCUT2D eigenvalue weighted by atomic mass is 10.2. The summed E-state index contributed by atoms with van der Waals surface area (Å²) in [5.41, 5.74) is 3.84. The quantitative estimate of drug-likeness (QED) is 0.391. The van der Waals surface area contributed by atoms with Gasteiger partial charge in [-0.2, -0.15) is 5.10 Å². The highest BCUT2D eigenvalue weighted by Gasteiger charge is 2.12. The number of nitrogens with one attached hydrogen (secondary N) is 1. The first kappa shape index (κ1) is 19.0. The molecule has 0 bridgehead atoms. The van der Waals surface area contributed by atoms with Crippen molar-refractivity contribution < 1.29 is 4.79 Å². The van der Waals surface area contributed by atoms with E-state index >= 15 is 0 Å². The minimum absolute atomic E-state index is 0.182. The van der Waals surface area contributed by atoms with Gasteiger partial charge in [-0.3, -0.25) is 14.2 Å². The predicted octanol–water partition coefficient (Wildman–Crippen LogP) is 3.93. The van der Waals surface area contributed by atoms with Gasteiger partial charge in [-0.25, -0.2) is 10.4 Å². The number of nitrogens with zero attached hydrogens (tertiary/aromatic N) is 3. The second-order valence-corrected chi connectivity index (χ2v) is 7.63. The molecule has 2 heterocycles. The third-order valence-electron chi connectivity index (χ3n) is 4.19. The second kappa shape index (κ2) is 8.38. The average Bonchev–Trinajstić information content (AvgIpc) is 3.17. The van der Waals surface area contributed by atoms with E-state index in [2.05, 4.69) is 15.5 Å². The zero-order valence-corrected chi connectivity index (χ0v) is 16.7. The Morgan fingerprint density at radius 1 is 1.17 bits per heavy atom. The minimum atomic E-state index is -0.435. The van der Waals surface area contributed by atoms with Crippen LogP contribution in [0.2, 0.25) is 5.02 Å². The number of amides is 1. The fourth-order valence-electron chi connectivity index (χ4n) is 2.76. The van der Waals surface area contributed by atoms with Crippen molar-refractivity contribution in [2.45, 2.75) is 6.54 Å². The standard InChI is InChI=1S/C21H15ClN4O2S/c22-17-9-5-4-8-15(17)11-24-25-19(27)12-26-13-23-20-16(21(26)28)10-18(29-20)14-6-2-1-3-7-14/h1-11,13H,12H2,(H,25,27)/b24-11-. The third-order valence-corrected chi connectivity index (χ3v) is 5.62. The van der Waals surface area contributed by atoms with Crippen molar-refractivity contribution in [1.29, 1.82) is 0 Å². The lowest BCUT2D eigenvalue weighted by molar-refractivity contribution is -0.121. The van der Waals surface area contributed by atoms with E-state index in [1.54, 1.807) is 12.1 Å². The molecule has 1 amide bonds. The van der Waals surface area contributed by atoms with E-state index in [1.165, 1.54) is 28.4 Å². The summed E-state index contributed by atoms with van der Waals surface area (Å²) in [4.78, 5) is 30.8. The maximum Gasteiger partial charge on any atom is 0.262 e. The third kappa shape index (κ3) is 4.26. The van der Waals surface area contributed by atoms with Crippen LogP contribution in [0.1, 0.15) is 5.56 Å². The van der Waals surface area contributed by atoms with E-state index in [-0.39, 0.29) is 12.1 Å². The number of hydrogen-bond donors (Lipinski definition) is 1. The van der Waals surface area contributed by atoms with Crippen LogP contribution >= 0.6 is 22.9 Å². The number of hydrazone groups is 1. The first-order valence-corrected chi connectivity index (χ1v) is 9.92. The lowest BCUT2D eigenvalue weighted by Crippen LogP contribution is -2.29. The SMILES string of the molecule is O=C(Cn1cnc2sc(-c3ccccc3)cc2c1=O)N/N=C\c1ccccc1Cl. The van der Waals surface area contributed by atoms with Gasteiger partial charge in [0.05, 0.1) is 17.9 Å². The Morgan fingerprint density at radius 3 is 2.72 bits per heavy atom. The van der Waals surface area contributed by atoms with Crippen molar-refractivity contribution in [3.63, 3.8) is 0 Å². The molecule has 0 unspecified atom stereocenters. The van der Waals surface area contributed by atoms with E-state index in [1.807, 2.05) is 48.5 Å². The number of thiophene rings is 1. The fourth-order valence-corrected chi connectivity index (χ4v) is 3.94. The van der Waals surface area contributed by atoms with Crippen molar-refractivity contribution in [3.8, 4) is 10.4 Å². The molecule has 0 saturated carbocycles. The van der Waals surface area contributed by atoms with Gasteiger partial charge in [0, 0.05) is 15.5 Å². The second-order valence-electron chi connectivity index (χ2n) is 6.19. The Kier molecular flexibility index (Phi) is 5.50. The molecule has 0 atom stereocenters. The van der Waals surface area contributed by atoms with Crippen LogP contribution in [0.25, 0.3) is 20.7 Å². The van der Waals surface area contributed by atoms with Gasteiger partial charge in [-0.05, 0) is 17.7 Å². The summed E-state index contributed by atoms with van der Waals surface area (Å²) in [6.45, 7) is -0.182. The van der Waals surface area contributed by atoms with Crippen LogP contribution in [0, 0.1) is 0 Å². The molecule has 1 N–H and O–H groups in total. The van der Waals surface area contributed by atoms with E-state index in [9.17, 15) is 9.59 Å². The van der Waals surface area contributed by atoms with Crippen molar-refractivity contribution in [2.75, 3.05) is 0 Å². The maximum absolute atomic E-state index is 12.7. The van der Waals surface area contributed by atoms with Gasteiger partial charge >= 0.3 is 0 Å². The van der Waals surface area contributed by atoms with Crippen LogP contribution in [-0.4, -0.2) is 21.7 Å². The smallest absolute Gasteiger partial charge is 0.262 e. The van der Waals surface area contributed by atoms with Crippen LogP contribution in [0.15, 0.2) is 76.9 Å². The van der Waals surface area contributed by atoms with E-state index < -0.39 is 5.91 Å². The average molecular weight is 423 g/mol. The first-order valence-electron chi connectivity index (χ1n) is 8.72. The van der Waals surface area contributed by atoms with Crippen molar-refractivity contribution in [2.24, 2.45) is 5.10 Å². The van der Waals surface area contributed by atoms with E-state index in [0.717, 1.165) is 10.4 Å². The molecule has 0 saturated heterocycles. The highest BCUT2D eigenvalue weighted by atomic mass is 35.5. The monoisotopic (exact) mass is 422 g/mol. The van der Waals surface area contributed by atoms with Crippen molar-refractivity contribution in [1.82, 2.24) is 15.0 Å². The largest absolute Gasteiger partial charge is 0.289 e. The van der Waals surface area contributed by atoms with Crippen LogP contribution in [0.3, 0.4) is 0 Å². The molecule has 2 aromatic carbocycles. The molecular formula is C21H15ClN4O2S. The number of benzene rings is 2. The zero-order chi connectivity index (χ0) is 20.2. The van der Waals surface area contributed by atoms with Crippen molar-refractivity contribution >= 4 is 45.3 Å². The molecule has 0 aliphatic rings. The maximum atomic E-state index is 12.7. The van der Waals surface area contributed by atoms with E-state index in [0.29, 0.717) is 20.8 Å². The normalized spacial score (nSPS) is 11.2. The van der Waals surface area contributed by atoms with Gasteiger partial charge in [0.2, 0.25) is 0 Å². The van der Waals surface area contributed by atoms with Gasteiger partial charge in [-0.1, -0.05) is 60.1 Å². The number of carbonyl (C=O) groups excluding carboxylic acids is 1. The zero-order valence-electron chi connectivity index (χ0n) is 15.1. The van der Waals surface area contributed by atoms with Crippen molar-refractivity contribution in [3.05, 3.63) is 87.9 Å². The molecule has 0 spiro atoms. The van der Waals surface area contributed by atoms with E-state index in [4.69, 9.17) is 11.6 Å². The Labute approximate surface area is 175 Å². The van der Waals surface area contributed by atoms with Gasteiger partial charge in [0.25, 0.3) is 11.5 Å². The number of rotatable bonds is 5. The number of halogens is 1. The molecular weight excluding hydrogens is 408 g/mol. The summed E-state index contributed by atoms with van der Waals surface area (Å²) in [7, 11) is 0. The number of aromatic nitrogens is 2. The fraction of sp³-hybridized carbons (Fsp3) is 0.0476. The predicted molar refractivity (Wildman–Crippen MR) is 117 cm³/mol. The van der Waals surface area contributed by atoms with Crippen LogP contribution in [0.4, 0.5) is 0 Å². The van der Waals surface area contributed by atoms with Crippen LogP contribution < -0.4 is 11.0 Å². The Hall–Kier alpha value is -3.29. The van der Waals surface area contributed by atoms with Crippen LogP contribution in [0.5, 0.6) is 0 Å². The van der Waals surface area contributed by atoms with Gasteiger partial charge < -0.3 is 0 Å². The molecule has 4 aromatic rings. The topological polar surface area (TPSA) is 76.3 Å². The summed E-state index contributed by atoms with van der Waals surface area (Å²) in [6.07, 6.45) is 2.84. The molecule has 29 heavy (non-hydrogen) atoms. The Bertz CT molecular complexity index is 1260. The van der Waals surface area contributed by atoms with Gasteiger partial charge in [0.1, 0.15) is 11.4 Å². The first-order chi connectivity index (χ1) is 14.1. The number of hydrogen-bond acceptors (Lipinski definition) is 5. The molecule has 0 radical (unpaired) electrons. The molecule has 6 nitrogen and oxygen atoms in total. The lowest BCUT2D eigenvalue weighted by Gasteiger charge is -2.03. The molecule has 0 fully saturated rings. The summed E-state index contributed by atoms with van der Waals surface area (Å²) in [5, 5.41) is 4.91. The molecule has 4 rings (SSSR count). The van der Waals surface area contributed by atoms with Gasteiger partial charge in [-0.15, -0.1) is 11.3 Å². The molecule has 0 aliphatic carbocycles. The summed E-state index contributed by atoms with van der Waals surface area (Å²) in [6, 6.07) is 18.7. The minimum Gasteiger partial charge on any atom is -0.289 e. The molecule has 0 aliphatic heterocycles. The highest BCUT2D eigenvalue weighted by Crippen LogP contribution is 2.30. The Balaban J connectivity index is 1.51. The summed E-state index contributed by atoms with van der Waals surface area (Å²) < 4.78 is 1.27. The Morgan fingerprint density at radius 2 is 1.93 bits per heavy atom.